The monoisotopic (exact) mass is 556 g/mol. The molecule has 0 radical (unpaired) electrons. The number of rotatable bonds is 12. The van der Waals surface area contributed by atoms with Gasteiger partial charge in [-0.3, -0.25) is 0 Å². The Morgan fingerprint density at radius 2 is 0.927 bits per heavy atom. The van der Waals surface area contributed by atoms with E-state index in [4.69, 9.17) is 23.7 Å². The van der Waals surface area contributed by atoms with E-state index in [1.165, 1.54) is 0 Å². The van der Waals surface area contributed by atoms with Crippen LogP contribution < -0.4 is 23.7 Å². The molecule has 0 aromatic heterocycles. The summed E-state index contributed by atoms with van der Waals surface area (Å²) in [6, 6.07) is 20.4. The van der Waals surface area contributed by atoms with Crippen molar-refractivity contribution < 1.29 is 28.8 Å². The van der Waals surface area contributed by atoms with Crippen molar-refractivity contribution in [1.29, 1.82) is 0 Å². The molecule has 0 fully saturated rings. The van der Waals surface area contributed by atoms with E-state index in [-0.39, 0.29) is 6.61 Å². The fraction of sp³-hybridized carbons (Fsp3) is 0.314. The lowest BCUT2D eigenvalue weighted by Crippen LogP contribution is -2.05. The van der Waals surface area contributed by atoms with E-state index in [0.717, 1.165) is 78.8 Å². The van der Waals surface area contributed by atoms with E-state index in [1.807, 2.05) is 36.4 Å². The summed E-state index contributed by atoms with van der Waals surface area (Å²) in [4.78, 5) is 0. The third kappa shape index (κ3) is 6.77. The van der Waals surface area contributed by atoms with Gasteiger partial charge in [-0.1, -0.05) is 53.6 Å². The number of hydrogen-bond acceptors (Lipinski definition) is 6. The van der Waals surface area contributed by atoms with Crippen LogP contribution >= 0.6 is 0 Å². The first-order valence-corrected chi connectivity index (χ1v) is 13.6. The lowest BCUT2D eigenvalue weighted by Gasteiger charge is -2.20. The molecule has 0 saturated heterocycles. The zero-order chi connectivity index (χ0) is 29.5. The third-order valence-corrected chi connectivity index (χ3v) is 7.35. The molecule has 41 heavy (non-hydrogen) atoms. The van der Waals surface area contributed by atoms with Crippen molar-refractivity contribution >= 4 is 0 Å². The SMILES string of the molecule is COc1ccc(Cc2cc(C)cc(Cc3cc(C)cc(Cc4ccc(CO)cc4OC)c3OC)c2OC)c(OC)c1. The van der Waals surface area contributed by atoms with E-state index in [1.54, 1.807) is 35.5 Å². The second-order valence-corrected chi connectivity index (χ2v) is 10.2. The summed E-state index contributed by atoms with van der Waals surface area (Å²) in [5.74, 6) is 4.00. The Morgan fingerprint density at radius 1 is 0.488 bits per heavy atom. The third-order valence-electron chi connectivity index (χ3n) is 7.35. The maximum Gasteiger partial charge on any atom is 0.126 e. The molecule has 0 aliphatic rings. The molecule has 0 bridgehead atoms. The minimum Gasteiger partial charge on any atom is -0.497 e. The molecule has 0 aliphatic carbocycles. The van der Waals surface area contributed by atoms with Crippen molar-refractivity contribution in [3.8, 4) is 28.7 Å². The number of aliphatic hydroxyl groups excluding tert-OH is 1. The van der Waals surface area contributed by atoms with Crippen LogP contribution in [-0.4, -0.2) is 40.7 Å². The lowest BCUT2D eigenvalue weighted by molar-refractivity contribution is 0.281. The summed E-state index contributed by atoms with van der Waals surface area (Å²) >= 11 is 0. The molecule has 6 nitrogen and oxygen atoms in total. The van der Waals surface area contributed by atoms with Crippen LogP contribution in [-0.2, 0) is 25.9 Å². The molecular formula is C35H40O6. The predicted molar refractivity (Wildman–Crippen MR) is 162 cm³/mol. The molecule has 4 rings (SSSR count). The van der Waals surface area contributed by atoms with Gasteiger partial charge >= 0.3 is 0 Å². The molecule has 4 aromatic carbocycles. The number of ether oxygens (including phenoxy) is 5. The van der Waals surface area contributed by atoms with Gasteiger partial charge in [-0.2, -0.15) is 0 Å². The Labute approximate surface area is 243 Å². The van der Waals surface area contributed by atoms with Gasteiger partial charge in [-0.05, 0) is 64.9 Å². The molecule has 0 aliphatic heterocycles. The maximum absolute atomic E-state index is 9.55. The van der Waals surface area contributed by atoms with Crippen LogP contribution in [0.1, 0.15) is 50.1 Å². The van der Waals surface area contributed by atoms with Crippen molar-refractivity contribution in [3.63, 3.8) is 0 Å². The molecule has 0 unspecified atom stereocenters. The number of hydrogen-bond donors (Lipinski definition) is 1. The predicted octanol–water partition coefficient (Wildman–Crippen LogP) is 6.61. The molecule has 0 spiro atoms. The first kappa shape index (κ1) is 29.8. The minimum atomic E-state index is -0.0277. The highest BCUT2D eigenvalue weighted by atomic mass is 16.5. The summed E-state index contributed by atoms with van der Waals surface area (Å²) in [7, 11) is 8.43. The van der Waals surface area contributed by atoms with Crippen LogP contribution in [0, 0.1) is 13.8 Å². The molecule has 216 valence electrons. The van der Waals surface area contributed by atoms with Crippen LogP contribution in [0.3, 0.4) is 0 Å². The van der Waals surface area contributed by atoms with Crippen LogP contribution in [0.4, 0.5) is 0 Å². The zero-order valence-corrected chi connectivity index (χ0v) is 25.1. The number of benzene rings is 4. The van der Waals surface area contributed by atoms with Gasteiger partial charge in [0.2, 0.25) is 0 Å². The first-order valence-electron chi connectivity index (χ1n) is 13.6. The van der Waals surface area contributed by atoms with E-state index in [0.29, 0.717) is 19.3 Å². The number of aryl methyl sites for hydroxylation is 2. The summed E-state index contributed by atoms with van der Waals surface area (Å²) in [5.41, 5.74) is 9.56. The summed E-state index contributed by atoms with van der Waals surface area (Å²) in [6.45, 7) is 4.19. The van der Waals surface area contributed by atoms with Crippen molar-refractivity contribution in [2.75, 3.05) is 35.5 Å². The second kappa shape index (κ2) is 13.5. The fourth-order valence-electron chi connectivity index (χ4n) is 5.55. The zero-order valence-electron chi connectivity index (χ0n) is 25.1. The second-order valence-electron chi connectivity index (χ2n) is 10.2. The highest BCUT2D eigenvalue weighted by Gasteiger charge is 2.19. The number of aliphatic hydroxyl groups is 1. The van der Waals surface area contributed by atoms with Crippen molar-refractivity contribution in [2.45, 2.75) is 39.7 Å². The molecule has 0 saturated carbocycles. The standard InChI is InChI=1S/C35H40O6/c1-22-12-27(17-25-9-8-24(21-36)16-32(25)38-4)34(40-6)29(14-22)19-30-15-23(2)13-28(35(30)41-7)18-26-10-11-31(37-3)20-33(26)39-5/h8-16,20,36H,17-19,21H2,1-7H3. The molecule has 0 atom stereocenters. The minimum absolute atomic E-state index is 0.0277. The molecule has 1 N–H and O–H groups in total. The van der Waals surface area contributed by atoms with E-state index >= 15 is 0 Å². The average Bonchev–Trinajstić information content (AvgIpc) is 2.97. The molecular weight excluding hydrogens is 516 g/mol. The van der Waals surface area contributed by atoms with Crippen molar-refractivity contribution in [3.05, 3.63) is 111 Å². The largest absolute Gasteiger partial charge is 0.497 e. The smallest absolute Gasteiger partial charge is 0.126 e. The van der Waals surface area contributed by atoms with Gasteiger partial charge in [-0.25, -0.2) is 0 Å². The Balaban J connectivity index is 1.73. The topological polar surface area (TPSA) is 66.4 Å². The normalized spacial score (nSPS) is 10.8. The van der Waals surface area contributed by atoms with Gasteiger partial charge in [-0.15, -0.1) is 0 Å². The van der Waals surface area contributed by atoms with Crippen LogP contribution in [0.25, 0.3) is 0 Å². The molecule has 4 aromatic rings. The number of methoxy groups -OCH3 is 5. The highest BCUT2D eigenvalue weighted by Crippen LogP contribution is 2.37. The average molecular weight is 557 g/mol. The fourth-order valence-corrected chi connectivity index (χ4v) is 5.55. The van der Waals surface area contributed by atoms with E-state index in [2.05, 4.69) is 38.1 Å². The first-order chi connectivity index (χ1) is 19.8. The lowest BCUT2D eigenvalue weighted by atomic mass is 9.92. The Bertz CT molecular complexity index is 1390. The van der Waals surface area contributed by atoms with E-state index in [9.17, 15) is 5.11 Å². The highest BCUT2D eigenvalue weighted by molar-refractivity contribution is 5.55. The molecule has 6 heteroatoms. The van der Waals surface area contributed by atoms with E-state index < -0.39 is 0 Å². The van der Waals surface area contributed by atoms with Gasteiger partial charge < -0.3 is 28.8 Å². The Hall–Kier alpha value is -4.16. The summed E-state index contributed by atoms with van der Waals surface area (Å²) in [6.07, 6.45) is 1.95. The van der Waals surface area contributed by atoms with Crippen LogP contribution in [0.5, 0.6) is 28.7 Å². The van der Waals surface area contributed by atoms with Crippen molar-refractivity contribution in [2.24, 2.45) is 0 Å². The molecule has 0 amide bonds. The summed E-state index contributed by atoms with van der Waals surface area (Å²) in [5, 5.41) is 9.55. The van der Waals surface area contributed by atoms with Gasteiger partial charge in [0.25, 0.3) is 0 Å². The van der Waals surface area contributed by atoms with Gasteiger partial charge in [0.1, 0.15) is 28.7 Å². The van der Waals surface area contributed by atoms with Crippen molar-refractivity contribution in [1.82, 2.24) is 0 Å². The Morgan fingerprint density at radius 3 is 1.34 bits per heavy atom. The van der Waals surface area contributed by atoms with Crippen LogP contribution in [0.2, 0.25) is 0 Å². The Kier molecular flexibility index (Phi) is 9.79. The summed E-state index contributed by atoms with van der Waals surface area (Å²) < 4.78 is 28.7. The van der Waals surface area contributed by atoms with Crippen LogP contribution in [0.15, 0.2) is 60.7 Å². The maximum atomic E-state index is 9.55. The van der Waals surface area contributed by atoms with Gasteiger partial charge in [0.05, 0.1) is 42.2 Å². The molecule has 0 heterocycles. The van der Waals surface area contributed by atoms with Gasteiger partial charge in [0, 0.05) is 25.3 Å². The quantitative estimate of drug-likeness (QED) is 0.212. The van der Waals surface area contributed by atoms with Gasteiger partial charge in [0.15, 0.2) is 0 Å².